The lowest BCUT2D eigenvalue weighted by Crippen LogP contribution is -2.30. The molecule has 1 unspecified atom stereocenters. The van der Waals surface area contributed by atoms with Crippen LogP contribution < -0.4 is 10.3 Å². The summed E-state index contributed by atoms with van der Waals surface area (Å²) in [5.74, 6) is -0.650. The summed E-state index contributed by atoms with van der Waals surface area (Å²) in [4.78, 5) is 32.6. The summed E-state index contributed by atoms with van der Waals surface area (Å²) in [5.41, 5.74) is 1.58. The summed E-state index contributed by atoms with van der Waals surface area (Å²) in [6.45, 7) is 1.90. The lowest BCUT2D eigenvalue weighted by atomic mass is 9.98. The van der Waals surface area contributed by atoms with Crippen molar-refractivity contribution in [3.8, 4) is 0 Å². The Morgan fingerprint density at radius 2 is 1.83 bits per heavy atom. The van der Waals surface area contributed by atoms with Gasteiger partial charge in [-0.15, -0.1) is 0 Å². The number of benzene rings is 2. The summed E-state index contributed by atoms with van der Waals surface area (Å²) in [6, 6.07) is 13.9. The smallest absolute Gasteiger partial charge is 0.296 e. The van der Waals surface area contributed by atoms with Crippen LogP contribution in [0.4, 0.5) is 10.2 Å². The molecule has 148 valence electrons. The standard InChI is InChI=1S/C23H14BrFN2O3/c1-12-2-9-18(26-11-12)27-20(13-3-5-14(24)6-4-13)19-21(28)16-10-15(25)7-8-17(16)30-22(19)23(27)29/h2-11,20H,1H3. The Hall–Kier alpha value is -3.32. The van der Waals surface area contributed by atoms with Gasteiger partial charge >= 0.3 is 0 Å². The number of aromatic nitrogens is 1. The second kappa shape index (κ2) is 6.88. The molecular weight excluding hydrogens is 451 g/mol. The highest BCUT2D eigenvalue weighted by Crippen LogP contribution is 2.40. The summed E-state index contributed by atoms with van der Waals surface area (Å²) in [5, 5.41) is 0.0994. The minimum Gasteiger partial charge on any atom is -0.450 e. The first-order valence-electron chi connectivity index (χ1n) is 9.22. The Kier molecular flexibility index (Phi) is 4.29. The van der Waals surface area contributed by atoms with Crippen molar-refractivity contribution < 1.29 is 13.6 Å². The summed E-state index contributed by atoms with van der Waals surface area (Å²) < 4.78 is 20.5. The fourth-order valence-corrected chi connectivity index (χ4v) is 4.01. The molecule has 1 atom stereocenters. The van der Waals surface area contributed by atoms with Crippen LogP contribution in [0, 0.1) is 12.7 Å². The zero-order valence-electron chi connectivity index (χ0n) is 15.7. The Labute approximate surface area is 178 Å². The van der Waals surface area contributed by atoms with Crippen molar-refractivity contribution in [2.45, 2.75) is 13.0 Å². The summed E-state index contributed by atoms with van der Waals surface area (Å²) in [7, 11) is 0. The number of nitrogens with zero attached hydrogens (tertiary/aromatic N) is 2. The monoisotopic (exact) mass is 464 g/mol. The SMILES string of the molecule is Cc1ccc(N2C(=O)c3oc4ccc(F)cc4c(=O)c3C2c2ccc(Br)cc2)nc1. The van der Waals surface area contributed by atoms with E-state index < -0.39 is 23.2 Å². The van der Waals surface area contributed by atoms with Gasteiger partial charge in [-0.25, -0.2) is 9.37 Å². The van der Waals surface area contributed by atoms with Crippen LogP contribution >= 0.6 is 15.9 Å². The van der Waals surface area contributed by atoms with Gasteiger partial charge in [0, 0.05) is 10.7 Å². The Balaban J connectivity index is 1.81. The van der Waals surface area contributed by atoms with Crippen LogP contribution in [0.3, 0.4) is 0 Å². The number of pyridine rings is 1. The number of carbonyl (C=O) groups excluding carboxylic acids is 1. The van der Waals surface area contributed by atoms with Gasteiger partial charge in [0.15, 0.2) is 5.43 Å². The molecule has 7 heteroatoms. The third kappa shape index (κ3) is 2.85. The molecule has 2 aromatic carbocycles. The molecule has 1 aliphatic rings. The number of hydrogen-bond donors (Lipinski definition) is 0. The van der Waals surface area contributed by atoms with E-state index in [2.05, 4.69) is 20.9 Å². The van der Waals surface area contributed by atoms with Gasteiger partial charge in [-0.1, -0.05) is 34.1 Å². The van der Waals surface area contributed by atoms with Crippen molar-refractivity contribution in [2.75, 3.05) is 4.90 Å². The van der Waals surface area contributed by atoms with Crippen LogP contribution in [-0.2, 0) is 0 Å². The van der Waals surface area contributed by atoms with E-state index in [-0.39, 0.29) is 22.3 Å². The minimum absolute atomic E-state index is 0.0469. The number of aryl methyl sites for hydroxylation is 1. The molecule has 4 aromatic rings. The largest absolute Gasteiger partial charge is 0.450 e. The molecule has 3 heterocycles. The van der Waals surface area contributed by atoms with E-state index in [1.807, 2.05) is 37.3 Å². The molecule has 1 aliphatic heterocycles. The number of carbonyl (C=O) groups is 1. The number of anilines is 1. The van der Waals surface area contributed by atoms with Crippen molar-refractivity contribution in [3.05, 3.63) is 104 Å². The molecule has 0 spiro atoms. The van der Waals surface area contributed by atoms with Gasteiger partial charge < -0.3 is 4.42 Å². The molecule has 30 heavy (non-hydrogen) atoms. The Morgan fingerprint density at radius 1 is 1.07 bits per heavy atom. The molecule has 0 N–H and O–H groups in total. The molecule has 0 fully saturated rings. The normalized spacial score (nSPS) is 15.6. The summed E-state index contributed by atoms with van der Waals surface area (Å²) >= 11 is 3.41. The quantitative estimate of drug-likeness (QED) is 0.411. The van der Waals surface area contributed by atoms with E-state index in [1.165, 1.54) is 17.0 Å². The third-order valence-corrected chi connectivity index (χ3v) is 5.69. The topological polar surface area (TPSA) is 63.4 Å². The molecule has 0 aliphatic carbocycles. The molecule has 5 rings (SSSR count). The van der Waals surface area contributed by atoms with Crippen molar-refractivity contribution in [2.24, 2.45) is 0 Å². The zero-order chi connectivity index (χ0) is 21.0. The fourth-order valence-electron chi connectivity index (χ4n) is 3.74. The number of halogens is 2. The zero-order valence-corrected chi connectivity index (χ0v) is 17.3. The average molecular weight is 465 g/mol. The van der Waals surface area contributed by atoms with E-state index in [4.69, 9.17) is 4.42 Å². The van der Waals surface area contributed by atoms with Gasteiger partial charge in [0.05, 0.1) is 17.0 Å². The van der Waals surface area contributed by atoms with E-state index in [1.54, 1.807) is 12.3 Å². The van der Waals surface area contributed by atoms with Gasteiger partial charge in [-0.05, 0) is 54.4 Å². The lowest BCUT2D eigenvalue weighted by Gasteiger charge is -2.24. The highest BCUT2D eigenvalue weighted by molar-refractivity contribution is 9.10. The van der Waals surface area contributed by atoms with Crippen LogP contribution in [0.15, 0.2) is 74.5 Å². The molecule has 5 nitrogen and oxygen atoms in total. The molecule has 2 aromatic heterocycles. The van der Waals surface area contributed by atoms with Gasteiger partial charge in [0.1, 0.15) is 17.2 Å². The second-order valence-electron chi connectivity index (χ2n) is 7.14. The number of rotatable bonds is 2. The van der Waals surface area contributed by atoms with Crippen LogP contribution in [0.1, 0.15) is 33.3 Å². The van der Waals surface area contributed by atoms with Gasteiger partial charge in [0.25, 0.3) is 5.91 Å². The Morgan fingerprint density at radius 3 is 2.53 bits per heavy atom. The van der Waals surface area contributed by atoms with E-state index in [9.17, 15) is 14.0 Å². The van der Waals surface area contributed by atoms with E-state index in [0.29, 0.717) is 5.82 Å². The van der Waals surface area contributed by atoms with Crippen LogP contribution in [-0.4, -0.2) is 10.9 Å². The van der Waals surface area contributed by atoms with Crippen LogP contribution in [0.2, 0.25) is 0 Å². The minimum atomic E-state index is -0.736. The Bertz CT molecular complexity index is 1360. The third-order valence-electron chi connectivity index (χ3n) is 5.16. The summed E-state index contributed by atoms with van der Waals surface area (Å²) in [6.07, 6.45) is 1.66. The fraction of sp³-hybridized carbons (Fsp3) is 0.0870. The van der Waals surface area contributed by atoms with Crippen LogP contribution in [0.25, 0.3) is 11.0 Å². The number of hydrogen-bond acceptors (Lipinski definition) is 4. The van der Waals surface area contributed by atoms with E-state index in [0.717, 1.165) is 21.7 Å². The molecule has 0 saturated heterocycles. The van der Waals surface area contributed by atoms with E-state index >= 15 is 0 Å². The van der Waals surface area contributed by atoms with Crippen LogP contribution in [0.5, 0.6) is 0 Å². The molecule has 0 bridgehead atoms. The first-order chi connectivity index (χ1) is 14.4. The molecule has 1 amide bonds. The average Bonchev–Trinajstić information content (AvgIpc) is 3.03. The highest BCUT2D eigenvalue weighted by Gasteiger charge is 2.44. The molecule has 0 saturated carbocycles. The number of fused-ring (bicyclic) bond motifs is 2. The number of amides is 1. The van der Waals surface area contributed by atoms with Gasteiger partial charge in [-0.2, -0.15) is 0 Å². The first kappa shape index (κ1) is 18.7. The molecule has 0 radical (unpaired) electrons. The highest BCUT2D eigenvalue weighted by atomic mass is 79.9. The predicted molar refractivity (Wildman–Crippen MR) is 114 cm³/mol. The van der Waals surface area contributed by atoms with Crippen molar-refractivity contribution in [3.63, 3.8) is 0 Å². The van der Waals surface area contributed by atoms with Crippen molar-refractivity contribution in [1.82, 2.24) is 4.98 Å². The van der Waals surface area contributed by atoms with Crippen molar-refractivity contribution in [1.29, 1.82) is 0 Å². The van der Waals surface area contributed by atoms with Gasteiger partial charge in [-0.3, -0.25) is 14.5 Å². The maximum Gasteiger partial charge on any atom is 0.296 e. The first-order valence-corrected chi connectivity index (χ1v) is 10.0. The maximum absolute atomic E-state index is 13.8. The predicted octanol–water partition coefficient (Wildman–Crippen LogP) is 5.15. The second-order valence-corrected chi connectivity index (χ2v) is 8.05. The van der Waals surface area contributed by atoms with Crippen molar-refractivity contribution >= 4 is 38.6 Å². The maximum atomic E-state index is 13.8. The van der Waals surface area contributed by atoms with Gasteiger partial charge in [0.2, 0.25) is 5.76 Å². The molecular formula is C23H14BrFN2O3. The lowest BCUT2D eigenvalue weighted by molar-refractivity contribution is 0.0970.